The number of alkyl halides is 6. The van der Waals surface area contributed by atoms with Crippen LogP contribution in [-0.4, -0.2) is 58.6 Å². The third-order valence-corrected chi connectivity index (χ3v) is 6.53. The molecular formula is C17H23F6N6O4P. The van der Waals surface area contributed by atoms with Gasteiger partial charge in [0.25, 0.3) is 0 Å². The lowest BCUT2D eigenvalue weighted by Gasteiger charge is -2.38. The van der Waals surface area contributed by atoms with E-state index in [1.54, 1.807) is 0 Å². The van der Waals surface area contributed by atoms with Gasteiger partial charge in [-0.3, -0.25) is 4.57 Å². The van der Waals surface area contributed by atoms with Gasteiger partial charge in [-0.05, 0) is 26.7 Å². The van der Waals surface area contributed by atoms with Crippen molar-refractivity contribution in [2.75, 3.05) is 11.1 Å². The zero-order chi connectivity index (χ0) is 25.7. The minimum atomic E-state index is -6.07. The van der Waals surface area contributed by atoms with Gasteiger partial charge in [0, 0.05) is 6.04 Å². The highest BCUT2D eigenvalue weighted by molar-refractivity contribution is 7.53. The van der Waals surface area contributed by atoms with E-state index < -0.39 is 43.7 Å². The lowest BCUT2D eigenvalue weighted by molar-refractivity contribution is -0.225. The van der Waals surface area contributed by atoms with Crippen molar-refractivity contribution in [1.82, 2.24) is 19.5 Å². The van der Waals surface area contributed by atoms with Gasteiger partial charge in [-0.2, -0.15) is 36.3 Å². The van der Waals surface area contributed by atoms with E-state index in [4.69, 9.17) is 10.5 Å². The molecule has 1 aliphatic rings. The minimum absolute atomic E-state index is 0.0399. The van der Waals surface area contributed by atoms with Crippen molar-refractivity contribution in [2.45, 2.75) is 75.4 Å². The molecule has 1 saturated carbocycles. The van der Waals surface area contributed by atoms with Crippen molar-refractivity contribution in [3.8, 4) is 0 Å². The second-order valence-corrected chi connectivity index (χ2v) is 10.5. The highest BCUT2D eigenvalue weighted by Crippen LogP contribution is 2.63. The summed E-state index contributed by atoms with van der Waals surface area (Å²) in [6.07, 6.45) is -14.5. The summed E-state index contributed by atoms with van der Waals surface area (Å²) in [6.45, 7) is 3.27. The SMILES string of the molecule is CC(C)Nc1nc(N)nc2c1ncn2CC1(OC(CC(F)(F)F)(CC(F)(F)F)P(=O)(O)O)CC1. The van der Waals surface area contributed by atoms with Crippen LogP contribution < -0.4 is 11.1 Å². The van der Waals surface area contributed by atoms with Crippen molar-refractivity contribution < 1.29 is 45.4 Å². The Labute approximate surface area is 189 Å². The van der Waals surface area contributed by atoms with Gasteiger partial charge in [0.15, 0.2) is 22.3 Å². The van der Waals surface area contributed by atoms with Gasteiger partial charge in [-0.15, -0.1) is 0 Å². The first-order chi connectivity index (χ1) is 15.3. The first-order valence-corrected chi connectivity index (χ1v) is 11.6. The molecule has 0 saturated heterocycles. The van der Waals surface area contributed by atoms with Gasteiger partial charge < -0.3 is 30.1 Å². The molecule has 5 N–H and O–H groups in total. The standard InChI is InChI=1S/C17H23F6N6O4P/c1-9(2)26-11-10-12(28-13(24)27-11)29(8-25-10)7-14(3-4-14)33-15(34(30,31)32,5-16(18,19)20)6-17(21,22)23/h8-9H,3-7H2,1-2H3,(H2,30,31,32)(H3,24,26,27,28). The number of nitrogens with zero attached hydrogens (tertiary/aromatic N) is 4. The predicted octanol–water partition coefficient (Wildman–Crippen LogP) is 3.56. The first kappa shape index (κ1) is 26.4. The van der Waals surface area contributed by atoms with Crippen molar-refractivity contribution in [3.05, 3.63) is 6.33 Å². The largest absolute Gasteiger partial charge is 0.392 e. The van der Waals surface area contributed by atoms with Gasteiger partial charge in [-0.25, -0.2) is 4.98 Å². The molecule has 2 aromatic heterocycles. The van der Waals surface area contributed by atoms with Gasteiger partial charge in [0.1, 0.15) is 0 Å². The third kappa shape index (κ3) is 6.09. The van der Waals surface area contributed by atoms with Gasteiger partial charge in [0.05, 0.1) is 31.3 Å². The van der Waals surface area contributed by atoms with E-state index in [0.717, 1.165) is 0 Å². The van der Waals surface area contributed by atoms with Crippen molar-refractivity contribution in [3.63, 3.8) is 0 Å². The molecule has 34 heavy (non-hydrogen) atoms. The van der Waals surface area contributed by atoms with Gasteiger partial charge >= 0.3 is 19.9 Å². The molecule has 2 aromatic rings. The molecule has 0 unspecified atom stereocenters. The zero-order valence-electron chi connectivity index (χ0n) is 18.0. The fourth-order valence-electron chi connectivity index (χ4n) is 3.62. The summed E-state index contributed by atoms with van der Waals surface area (Å²) < 4.78 is 97.6. The summed E-state index contributed by atoms with van der Waals surface area (Å²) in [5.74, 6) is 0.0996. The van der Waals surface area contributed by atoms with Crippen LogP contribution in [0.1, 0.15) is 39.5 Å². The number of hydrogen-bond acceptors (Lipinski definition) is 7. The monoisotopic (exact) mass is 520 g/mol. The molecule has 0 atom stereocenters. The van der Waals surface area contributed by atoms with Crippen LogP contribution in [0.25, 0.3) is 11.2 Å². The molecule has 2 heterocycles. The number of nitrogens with one attached hydrogen (secondary N) is 1. The minimum Gasteiger partial charge on any atom is -0.368 e. The maximum Gasteiger partial charge on any atom is 0.392 e. The average Bonchev–Trinajstić information content (AvgIpc) is 3.21. The lowest BCUT2D eigenvalue weighted by Crippen LogP contribution is -2.46. The number of fused-ring (bicyclic) bond motifs is 1. The molecule has 0 aromatic carbocycles. The van der Waals surface area contributed by atoms with E-state index in [-0.39, 0.29) is 48.4 Å². The van der Waals surface area contributed by atoms with Crippen LogP contribution in [0.15, 0.2) is 6.33 Å². The van der Waals surface area contributed by atoms with Gasteiger partial charge in [-0.1, -0.05) is 0 Å². The Hall–Kier alpha value is -2.16. The first-order valence-electron chi connectivity index (χ1n) is 9.98. The molecule has 10 nitrogen and oxygen atoms in total. The van der Waals surface area contributed by atoms with E-state index in [1.807, 2.05) is 13.8 Å². The van der Waals surface area contributed by atoms with Gasteiger partial charge in [0.2, 0.25) is 5.95 Å². The van der Waals surface area contributed by atoms with Crippen LogP contribution in [0, 0.1) is 0 Å². The Kier molecular flexibility index (Phi) is 6.61. The van der Waals surface area contributed by atoms with Crippen LogP contribution in [0.2, 0.25) is 0 Å². The number of imidazole rings is 1. The highest BCUT2D eigenvalue weighted by Gasteiger charge is 2.64. The predicted molar refractivity (Wildman–Crippen MR) is 108 cm³/mol. The van der Waals surface area contributed by atoms with Crippen molar-refractivity contribution >= 4 is 30.5 Å². The molecule has 0 aliphatic heterocycles. The lowest BCUT2D eigenvalue weighted by atomic mass is 10.1. The summed E-state index contributed by atoms with van der Waals surface area (Å²) in [6, 6.07) is -0.0747. The van der Waals surface area contributed by atoms with Crippen LogP contribution in [0.3, 0.4) is 0 Å². The third-order valence-electron chi connectivity index (χ3n) is 5.06. The smallest absolute Gasteiger partial charge is 0.368 e. The Morgan fingerprint density at radius 1 is 1.18 bits per heavy atom. The summed E-state index contributed by atoms with van der Waals surface area (Å²) >= 11 is 0. The van der Waals surface area contributed by atoms with E-state index in [0.29, 0.717) is 0 Å². The normalized spacial score (nSPS) is 16.9. The highest BCUT2D eigenvalue weighted by atomic mass is 31.2. The fourth-order valence-corrected chi connectivity index (χ4v) is 4.71. The number of nitrogen functional groups attached to an aromatic ring is 1. The molecule has 0 bridgehead atoms. The molecular weight excluding hydrogens is 497 g/mol. The van der Waals surface area contributed by atoms with E-state index >= 15 is 0 Å². The van der Waals surface area contributed by atoms with E-state index in [9.17, 15) is 40.7 Å². The molecule has 1 fully saturated rings. The maximum atomic E-state index is 13.2. The quantitative estimate of drug-likeness (QED) is 0.288. The number of anilines is 2. The maximum absolute atomic E-state index is 13.2. The number of ether oxygens (including phenoxy) is 1. The Morgan fingerprint density at radius 3 is 2.18 bits per heavy atom. The average molecular weight is 520 g/mol. The van der Waals surface area contributed by atoms with E-state index in [2.05, 4.69) is 20.3 Å². The van der Waals surface area contributed by atoms with Crippen LogP contribution in [0.5, 0.6) is 0 Å². The Balaban J connectivity index is 2.00. The van der Waals surface area contributed by atoms with Crippen LogP contribution in [0.4, 0.5) is 38.1 Å². The summed E-state index contributed by atoms with van der Waals surface area (Å²) in [7, 11) is -6.07. The summed E-state index contributed by atoms with van der Waals surface area (Å²) in [5, 5.41) is -0.840. The van der Waals surface area contributed by atoms with E-state index in [1.165, 1.54) is 10.9 Å². The summed E-state index contributed by atoms with van der Waals surface area (Å²) in [5.41, 5.74) is 4.37. The van der Waals surface area contributed by atoms with Crippen LogP contribution >= 0.6 is 7.60 Å². The number of rotatable bonds is 9. The number of hydrogen-bond donors (Lipinski definition) is 4. The zero-order valence-corrected chi connectivity index (χ0v) is 18.9. The van der Waals surface area contributed by atoms with Crippen molar-refractivity contribution in [1.29, 1.82) is 0 Å². The molecule has 0 amide bonds. The number of halogens is 6. The molecule has 3 rings (SSSR count). The topological polar surface area (TPSA) is 148 Å². The molecule has 0 spiro atoms. The number of aromatic nitrogens is 4. The van der Waals surface area contributed by atoms with Crippen molar-refractivity contribution in [2.24, 2.45) is 0 Å². The second kappa shape index (κ2) is 8.50. The van der Waals surface area contributed by atoms with Crippen LogP contribution in [-0.2, 0) is 15.8 Å². The number of nitrogens with two attached hydrogens (primary N) is 1. The second-order valence-electron chi connectivity index (χ2n) is 8.63. The molecule has 192 valence electrons. The molecule has 1 aliphatic carbocycles. The molecule has 0 radical (unpaired) electrons. The molecule has 17 heteroatoms. The Morgan fingerprint density at radius 2 is 1.74 bits per heavy atom. The Bertz CT molecular complexity index is 1080. The summed E-state index contributed by atoms with van der Waals surface area (Å²) in [4.78, 5) is 31.5. The fraction of sp³-hybridized carbons (Fsp3) is 0.706.